The van der Waals surface area contributed by atoms with Crippen LogP contribution in [-0.4, -0.2) is 11.1 Å². The standard InChI is InChI=1S/C23H17FO2/c1-14-20(11-15-6-7-16-4-2-3-5-17(16)10-15)19-9-8-18(24)12-22(19)21(14)13-23(25)26/h2-12H,13H2,1H3,(H,25,26)/b20-11-. The largest absolute Gasteiger partial charge is 0.481 e. The molecule has 0 atom stereocenters. The zero-order valence-corrected chi connectivity index (χ0v) is 14.3. The minimum atomic E-state index is -0.915. The predicted octanol–water partition coefficient (Wildman–Crippen LogP) is 5.78. The van der Waals surface area contributed by atoms with Crippen LogP contribution in [0.5, 0.6) is 0 Å². The summed E-state index contributed by atoms with van der Waals surface area (Å²) in [5.41, 5.74) is 5.11. The van der Waals surface area contributed by atoms with Gasteiger partial charge in [0.2, 0.25) is 0 Å². The first-order valence-corrected chi connectivity index (χ1v) is 8.45. The lowest BCUT2D eigenvalue weighted by Crippen LogP contribution is -1.97. The first-order chi connectivity index (χ1) is 12.5. The predicted molar refractivity (Wildman–Crippen MR) is 103 cm³/mol. The lowest BCUT2D eigenvalue weighted by atomic mass is 9.99. The molecule has 1 aliphatic carbocycles. The molecule has 4 rings (SSSR count). The fourth-order valence-corrected chi connectivity index (χ4v) is 3.60. The van der Waals surface area contributed by atoms with E-state index in [1.54, 1.807) is 6.07 Å². The van der Waals surface area contributed by atoms with Crippen molar-refractivity contribution in [2.24, 2.45) is 0 Å². The van der Waals surface area contributed by atoms with Gasteiger partial charge in [-0.25, -0.2) is 4.39 Å². The van der Waals surface area contributed by atoms with E-state index in [1.807, 2.05) is 31.2 Å². The Morgan fingerprint density at radius 3 is 2.54 bits per heavy atom. The number of rotatable bonds is 3. The smallest absolute Gasteiger partial charge is 0.307 e. The van der Waals surface area contributed by atoms with Crippen molar-refractivity contribution in [3.63, 3.8) is 0 Å². The zero-order chi connectivity index (χ0) is 18.3. The minimum Gasteiger partial charge on any atom is -0.481 e. The Labute approximate surface area is 150 Å². The molecule has 0 radical (unpaired) electrons. The van der Waals surface area contributed by atoms with E-state index >= 15 is 0 Å². The van der Waals surface area contributed by atoms with Gasteiger partial charge in [-0.1, -0.05) is 42.5 Å². The van der Waals surface area contributed by atoms with Crippen LogP contribution in [0.2, 0.25) is 0 Å². The number of fused-ring (bicyclic) bond motifs is 2. The van der Waals surface area contributed by atoms with Crippen LogP contribution in [0.15, 0.2) is 66.2 Å². The van der Waals surface area contributed by atoms with Gasteiger partial charge < -0.3 is 5.11 Å². The maximum atomic E-state index is 13.7. The van der Waals surface area contributed by atoms with E-state index in [9.17, 15) is 14.3 Å². The van der Waals surface area contributed by atoms with Crippen molar-refractivity contribution < 1.29 is 14.3 Å². The molecule has 26 heavy (non-hydrogen) atoms. The Bertz CT molecular complexity index is 1110. The highest BCUT2D eigenvalue weighted by Crippen LogP contribution is 2.43. The SMILES string of the molecule is CC1=C(CC(=O)O)c2cc(F)ccc2/C1=C\c1ccc2ccccc2c1. The zero-order valence-electron chi connectivity index (χ0n) is 14.3. The number of hydrogen-bond donors (Lipinski definition) is 1. The second-order valence-corrected chi connectivity index (χ2v) is 6.53. The molecule has 0 aliphatic heterocycles. The molecule has 2 nitrogen and oxygen atoms in total. The first-order valence-electron chi connectivity index (χ1n) is 8.45. The molecule has 3 heteroatoms. The fraction of sp³-hybridized carbons (Fsp3) is 0.0870. The van der Waals surface area contributed by atoms with Crippen LogP contribution < -0.4 is 0 Å². The molecule has 3 aromatic rings. The van der Waals surface area contributed by atoms with Crippen LogP contribution in [0.1, 0.15) is 30.0 Å². The normalized spacial score (nSPS) is 14.9. The quantitative estimate of drug-likeness (QED) is 0.654. The van der Waals surface area contributed by atoms with E-state index in [4.69, 9.17) is 0 Å². The van der Waals surface area contributed by atoms with E-state index in [2.05, 4.69) is 24.3 Å². The van der Waals surface area contributed by atoms with Gasteiger partial charge in [-0.05, 0) is 75.4 Å². The molecule has 3 aromatic carbocycles. The maximum absolute atomic E-state index is 13.7. The van der Waals surface area contributed by atoms with Crippen molar-refractivity contribution in [2.45, 2.75) is 13.3 Å². The van der Waals surface area contributed by atoms with Gasteiger partial charge in [0, 0.05) is 0 Å². The van der Waals surface area contributed by atoms with Gasteiger partial charge in [-0.3, -0.25) is 4.79 Å². The average Bonchev–Trinajstić information content (AvgIpc) is 2.86. The van der Waals surface area contributed by atoms with E-state index in [-0.39, 0.29) is 12.2 Å². The summed E-state index contributed by atoms with van der Waals surface area (Å²) in [6.07, 6.45) is 1.94. The summed E-state index contributed by atoms with van der Waals surface area (Å²) < 4.78 is 13.7. The molecule has 0 saturated heterocycles. The van der Waals surface area contributed by atoms with Crippen molar-refractivity contribution in [1.82, 2.24) is 0 Å². The van der Waals surface area contributed by atoms with Gasteiger partial charge in [0.1, 0.15) is 5.82 Å². The molecule has 0 heterocycles. The van der Waals surface area contributed by atoms with Gasteiger partial charge in [0.25, 0.3) is 0 Å². The number of carboxylic acids is 1. The highest BCUT2D eigenvalue weighted by molar-refractivity contribution is 6.07. The van der Waals surface area contributed by atoms with Crippen LogP contribution in [0, 0.1) is 5.82 Å². The number of allylic oxidation sites excluding steroid dienone is 2. The number of carbonyl (C=O) groups is 1. The Morgan fingerprint density at radius 2 is 1.77 bits per heavy atom. The summed E-state index contributed by atoms with van der Waals surface area (Å²) in [5.74, 6) is -1.27. The minimum absolute atomic E-state index is 0.114. The molecule has 0 unspecified atom stereocenters. The average molecular weight is 344 g/mol. The van der Waals surface area contributed by atoms with Gasteiger partial charge in [-0.2, -0.15) is 0 Å². The Morgan fingerprint density at radius 1 is 1.00 bits per heavy atom. The Balaban J connectivity index is 1.87. The van der Waals surface area contributed by atoms with E-state index in [0.29, 0.717) is 11.1 Å². The molecule has 0 aromatic heterocycles. The van der Waals surface area contributed by atoms with E-state index < -0.39 is 5.97 Å². The lowest BCUT2D eigenvalue weighted by Gasteiger charge is -2.05. The number of carboxylic acid groups (broad SMARTS) is 1. The van der Waals surface area contributed by atoms with Crippen LogP contribution in [0.25, 0.3) is 28.0 Å². The lowest BCUT2D eigenvalue weighted by molar-refractivity contribution is -0.135. The van der Waals surface area contributed by atoms with E-state index in [0.717, 1.165) is 27.7 Å². The fourth-order valence-electron chi connectivity index (χ4n) is 3.60. The maximum Gasteiger partial charge on any atom is 0.307 e. The Kier molecular flexibility index (Phi) is 3.92. The van der Waals surface area contributed by atoms with Gasteiger partial charge in [0.15, 0.2) is 0 Å². The molecular weight excluding hydrogens is 327 g/mol. The third-order valence-corrected chi connectivity index (χ3v) is 4.87. The molecule has 0 spiro atoms. The summed E-state index contributed by atoms with van der Waals surface area (Å²) in [7, 11) is 0. The van der Waals surface area contributed by atoms with Crippen LogP contribution in [0.4, 0.5) is 4.39 Å². The van der Waals surface area contributed by atoms with Crippen molar-refractivity contribution in [3.8, 4) is 0 Å². The summed E-state index contributed by atoms with van der Waals surface area (Å²) >= 11 is 0. The van der Waals surface area contributed by atoms with Gasteiger partial charge >= 0.3 is 5.97 Å². The second kappa shape index (κ2) is 6.26. The topological polar surface area (TPSA) is 37.3 Å². The summed E-state index contributed by atoms with van der Waals surface area (Å²) in [5, 5.41) is 11.5. The molecular formula is C23H17FO2. The van der Waals surface area contributed by atoms with Crippen molar-refractivity contribution >= 4 is 34.0 Å². The van der Waals surface area contributed by atoms with Gasteiger partial charge in [-0.15, -0.1) is 0 Å². The van der Waals surface area contributed by atoms with Crippen LogP contribution in [0.3, 0.4) is 0 Å². The van der Waals surface area contributed by atoms with Gasteiger partial charge in [0.05, 0.1) is 6.42 Å². The highest BCUT2D eigenvalue weighted by atomic mass is 19.1. The highest BCUT2D eigenvalue weighted by Gasteiger charge is 2.25. The summed E-state index contributed by atoms with van der Waals surface area (Å²) in [4.78, 5) is 11.3. The number of hydrogen-bond acceptors (Lipinski definition) is 1. The van der Waals surface area contributed by atoms with Crippen LogP contribution in [-0.2, 0) is 4.79 Å². The molecule has 0 saturated carbocycles. The third-order valence-electron chi connectivity index (χ3n) is 4.87. The molecule has 1 N–H and O–H groups in total. The van der Waals surface area contributed by atoms with Crippen molar-refractivity contribution in [2.75, 3.05) is 0 Å². The van der Waals surface area contributed by atoms with Crippen molar-refractivity contribution in [3.05, 3.63) is 88.7 Å². The monoisotopic (exact) mass is 344 g/mol. The van der Waals surface area contributed by atoms with Crippen LogP contribution >= 0.6 is 0 Å². The molecule has 0 amide bonds. The number of benzene rings is 3. The number of aliphatic carboxylic acids is 1. The van der Waals surface area contributed by atoms with E-state index in [1.165, 1.54) is 17.5 Å². The first kappa shape index (κ1) is 16.3. The van der Waals surface area contributed by atoms with Crippen molar-refractivity contribution in [1.29, 1.82) is 0 Å². The number of halogens is 1. The summed E-state index contributed by atoms with van der Waals surface area (Å²) in [6, 6.07) is 18.9. The second-order valence-electron chi connectivity index (χ2n) is 6.53. The molecule has 0 fully saturated rings. The molecule has 1 aliphatic rings. The molecule has 0 bridgehead atoms. The Hall–Kier alpha value is -3.20. The molecule has 128 valence electrons. The summed E-state index contributed by atoms with van der Waals surface area (Å²) in [6.45, 7) is 1.91. The third kappa shape index (κ3) is 2.82.